The van der Waals surface area contributed by atoms with E-state index in [2.05, 4.69) is 62.1 Å². The summed E-state index contributed by atoms with van der Waals surface area (Å²) in [6.45, 7) is 12.5. The van der Waals surface area contributed by atoms with E-state index in [4.69, 9.17) is 0 Å². The molecule has 0 aliphatic heterocycles. The van der Waals surface area contributed by atoms with E-state index in [-0.39, 0.29) is 0 Å². The Bertz CT molecular complexity index is 351. The van der Waals surface area contributed by atoms with E-state index in [1.165, 1.54) is 5.56 Å². The number of hydrogen-bond acceptors (Lipinski definition) is 3. The van der Waals surface area contributed by atoms with Gasteiger partial charge in [-0.2, -0.15) is 0 Å². The van der Waals surface area contributed by atoms with E-state index in [1.807, 2.05) is 12.4 Å². The smallest absolute Gasteiger partial charge is 0.0270 e. The normalized spacial score (nSPS) is 14.8. The van der Waals surface area contributed by atoms with Gasteiger partial charge < -0.3 is 10.2 Å². The highest BCUT2D eigenvalue weighted by Crippen LogP contribution is 2.10. The molecule has 1 N–H and O–H groups in total. The van der Waals surface area contributed by atoms with Crippen LogP contribution in [-0.2, 0) is 6.42 Å². The molecule has 2 atom stereocenters. The Morgan fingerprint density at radius 3 is 2.35 bits per heavy atom. The van der Waals surface area contributed by atoms with Crippen molar-refractivity contribution >= 4 is 0 Å². The predicted molar refractivity (Wildman–Crippen MR) is 86.9 cm³/mol. The molecule has 0 fully saturated rings. The van der Waals surface area contributed by atoms with Crippen LogP contribution in [0.4, 0.5) is 0 Å². The third-order valence-corrected chi connectivity index (χ3v) is 4.04. The van der Waals surface area contributed by atoms with Crippen LogP contribution >= 0.6 is 0 Å². The summed E-state index contributed by atoms with van der Waals surface area (Å²) in [4.78, 5) is 6.52. The quantitative estimate of drug-likeness (QED) is 0.752. The van der Waals surface area contributed by atoms with Crippen molar-refractivity contribution in [1.82, 2.24) is 15.2 Å². The number of aromatic nitrogens is 1. The summed E-state index contributed by atoms with van der Waals surface area (Å²) in [6, 6.07) is 4.80. The fraction of sp³-hybridized carbons (Fsp3) is 0.706. The summed E-state index contributed by atoms with van der Waals surface area (Å²) >= 11 is 0. The molecule has 1 aromatic rings. The van der Waals surface area contributed by atoms with Crippen molar-refractivity contribution in [3.05, 3.63) is 30.1 Å². The Balaban J connectivity index is 2.28. The van der Waals surface area contributed by atoms with Crippen molar-refractivity contribution in [1.29, 1.82) is 0 Å². The zero-order valence-corrected chi connectivity index (χ0v) is 13.8. The van der Waals surface area contributed by atoms with Crippen LogP contribution in [0.5, 0.6) is 0 Å². The molecule has 0 aromatic carbocycles. The van der Waals surface area contributed by atoms with Crippen molar-refractivity contribution in [3.8, 4) is 0 Å². The third-order valence-electron chi connectivity index (χ3n) is 4.04. The summed E-state index contributed by atoms with van der Waals surface area (Å²) in [5.74, 6) is 1.39. The molecule has 0 bridgehead atoms. The van der Waals surface area contributed by atoms with Crippen molar-refractivity contribution in [3.63, 3.8) is 0 Å². The zero-order valence-electron chi connectivity index (χ0n) is 13.8. The van der Waals surface area contributed by atoms with E-state index < -0.39 is 0 Å². The summed E-state index contributed by atoms with van der Waals surface area (Å²) in [5.41, 5.74) is 1.37. The first kappa shape index (κ1) is 17.1. The third kappa shape index (κ3) is 6.49. The monoisotopic (exact) mass is 277 g/mol. The fourth-order valence-corrected chi connectivity index (χ4v) is 2.26. The largest absolute Gasteiger partial charge is 0.316 e. The maximum atomic E-state index is 4.06. The SMILES string of the molecule is CC(C)CNCC(C)C(C)N(C)CCc1ccncc1. The predicted octanol–water partition coefficient (Wildman–Crippen LogP) is 2.83. The molecular formula is C17H31N3. The molecule has 3 heteroatoms. The van der Waals surface area contributed by atoms with Crippen LogP contribution in [0.1, 0.15) is 33.3 Å². The molecule has 1 rings (SSSR count). The van der Waals surface area contributed by atoms with Gasteiger partial charge >= 0.3 is 0 Å². The molecule has 0 amide bonds. The summed E-state index contributed by atoms with van der Waals surface area (Å²) in [5, 5.41) is 3.56. The van der Waals surface area contributed by atoms with Crippen LogP contribution in [0.25, 0.3) is 0 Å². The molecule has 20 heavy (non-hydrogen) atoms. The van der Waals surface area contributed by atoms with Gasteiger partial charge in [0.15, 0.2) is 0 Å². The van der Waals surface area contributed by atoms with Crippen molar-refractivity contribution in [2.24, 2.45) is 11.8 Å². The molecule has 1 heterocycles. The topological polar surface area (TPSA) is 28.2 Å². The number of hydrogen-bond donors (Lipinski definition) is 1. The van der Waals surface area contributed by atoms with Gasteiger partial charge in [0.1, 0.15) is 0 Å². The van der Waals surface area contributed by atoms with Gasteiger partial charge in [0.25, 0.3) is 0 Å². The Labute approximate surface area is 124 Å². The number of nitrogens with one attached hydrogen (secondary N) is 1. The molecule has 0 aliphatic rings. The first-order chi connectivity index (χ1) is 9.50. The first-order valence-electron chi connectivity index (χ1n) is 7.80. The maximum Gasteiger partial charge on any atom is 0.0270 e. The van der Waals surface area contributed by atoms with Gasteiger partial charge in [0, 0.05) is 25.0 Å². The van der Waals surface area contributed by atoms with Crippen LogP contribution in [0.2, 0.25) is 0 Å². The number of pyridine rings is 1. The van der Waals surface area contributed by atoms with E-state index >= 15 is 0 Å². The van der Waals surface area contributed by atoms with Gasteiger partial charge in [-0.25, -0.2) is 0 Å². The summed E-state index contributed by atoms with van der Waals surface area (Å²) in [6.07, 6.45) is 4.84. The van der Waals surface area contributed by atoms with Gasteiger partial charge in [0.2, 0.25) is 0 Å². The van der Waals surface area contributed by atoms with E-state index in [0.29, 0.717) is 12.0 Å². The Morgan fingerprint density at radius 1 is 1.10 bits per heavy atom. The standard InChI is InChI=1S/C17H31N3/c1-14(2)12-19-13-15(3)16(4)20(5)11-8-17-6-9-18-10-7-17/h6-7,9-10,14-16,19H,8,11-13H2,1-5H3. The molecule has 0 aliphatic carbocycles. The molecule has 114 valence electrons. The minimum Gasteiger partial charge on any atom is -0.316 e. The van der Waals surface area contributed by atoms with Gasteiger partial charge in [-0.15, -0.1) is 0 Å². The molecular weight excluding hydrogens is 246 g/mol. The highest BCUT2D eigenvalue weighted by molar-refractivity contribution is 5.09. The van der Waals surface area contributed by atoms with Gasteiger partial charge in [-0.3, -0.25) is 4.98 Å². The molecule has 0 spiro atoms. The van der Waals surface area contributed by atoms with Crippen LogP contribution in [0, 0.1) is 11.8 Å². The second-order valence-corrected chi connectivity index (χ2v) is 6.36. The van der Waals surface area contributed by atoms with Crippen LogP contribution in [0.15, 0.2) is 24.5 Å². The Kier molecular flexibility index (Phi) is 7.78. The Morgan fingerprint density at radius 2 is 1.75 bits per heavy atom. The molecule has 0 radical (unpaired) electrons. The lowest BCUT2D eigenvalue weighted by atomic mass is 10.0. The molecule has 3 nitrogen and oxygen atoms in total. The second-order valence-electron chi connectivity index (χ2n) is 6.36. The summed E-state index contributed by atoms with van der Waals surface area (Å²) < 4.78 is 0. The van der Waals surface area contributed by atoms with Gasteiger partial charge in [-0.1, -0.05) is 20.8 Å². The van der Waals surface area contributed by atoms with Gasteiger partial charge in [0.05, 0.1) is 0 Å². The van der Waals surface area contributed by atoms with Crippen LogP contribution in [-0.4, -0.2) is 42.6 Å². The molecule has 0 saturated carbocycles. The van der Waals surface area contributed by atoms with E-state index in [1.54, 1.807) is 0 Å². The number of rotatable bonds is 9. The average Bonchev–Trinajstić information content (AvgIpc) is 2.44. The number of likely N-dealkylation sites (N-methyl/N-ethyl adjacent to an activating group) is 1. The highest BCUT2D eigenvalue weighted by Gasteiger charge is 2.16. The lowest BCUT2D eigenvalue weighted by Gasteiger charge is -2.30. The number of nitrogens with zero attached hydrogens (tertiary/aromatic N) is 2. The van der Waals surface area contributed by atoms with Crippen molar-refractivity contribution in [2.45, 2.75) is 40.2 Å². The van der Waals surface area contributed by atoms with Crippen LogP contribution in [0.3, 0.4) is 0 Å². The van der Waals surface area contributed by atoms with E-state index in [9.17, 15) is 0 Å². The Hall–Kier alpha value is -0.930. The van der Waals surface area contributed by atoms with Crippen molar-refractivity contribution in [2.75, 3.05) is 26.7 Å². The minimum absolute atomic E-state index is 0.594. The average molecular weight is 277 g/mol. The second kappa shape index (κ2) is 9.09. The minimum atomic E-state index is 0.594. The summed E-state index contributed by atoms with van der Waals surface area (Å²) in [7, 11) is 2.23. The molecule has 0 saturated heterocycles. The fourth-order valence-electron chi connectivity index (χ4n) is 2.26. The van der Waals surface area contributed by atoms with Crippen LogP contribution < -0.4 is 5.32 Å². The first-order valence-corrected chi connectivity index (χ1v) is 7.80. The van der Waals surface area contributed by atoms with Crippen molar-refractivity contribution < 1.29 is 0 Å². The zero-order chi connectivity index (χ0) is 15.0. The lowest BCUT2D eigenvalue weighted by molar-refractivity contribution is 0.197. The lowest BCUT2D eigenvalue weighted by Crippen LogP contribution is -2.40. The maximum absolute atomic E-state index is 4.06. The highest BCUT2D eigenvalue weighted by atomic mass is 15.1. The molecule has 2 unspecified atom stereocenters. The van der Waals surface area contributed by atoms with E-state index in [0.717, 1.165) is 32.0 Å². The van der Waals surface area contributed by atoms with Gasteiger partial charge in [-0.05, 0) is 63.0 Å². The molecule has 1 aromatic heterocycles.